The van der Waals surface area contributed by atoms with Gasteiger partial charge in [0.25, 0.3) is 0 Å². The van der Waals surface area contributed by atoms with E-state index in [4.69, 9.17) is 0 Å². The largest absolute Gasteiger partial charge is 0.290 e. The lowest BCUT2D eigenvalue weighted by Gasteiger charge is -2.28. The van der Waals surface area contributed by atoms with Gasteiger partial charge in [-0.15, -0.1) is 0 Å². The third-order valence-corrected chi connectivity index (χ3v) is 2.54. The van der Waals surface area contributed by atoms with Crippen LogP contribution in [0.15, 0.2) is 0 Å². The van der Waals surface area contributed by atoms with E-state index < -0.39 is 0 Å². The number of halogens is 1. The van der Waals surface area contributed by atoms with Gasteiger partial charge in [-0.3, -0.25) is 4.90 Å². The maximum Gasteiger partial charge on any atom is 0.0673 e. The molecule has 0 bridgehead atoms. The third-order valence-electron chi connectivity index (χ3n) is 1.86. The van der Waals surface area contributed by atoms with E-state index in [0.29, 0.717) is 3.55 Å². The van der Waals surface area contributed by atoms with E-state index in [2.05, 4.69) is 41.3 Å². The van der Waals surface area contributed by atoms with Crippen LogP contribution in [0.5, 0.6) is 0 Å². The number of hydrogen-bond donors (Lipinski definition) is 0. The van der Waals surface area contributed by atoms with Gasteiger partial charge in [0.15, 0.2) is 0 Å². The molecule has 0 spiro atoms. The lowest BCUT2D eigenvalue weighted by atomic mass is 10.3. The van der Waals surface area contributed by atoms with E-state index in [-0.39, 0.29) is 0 Å². The highest BCUT2D eigenvalue weighted by molar-refractivity contribution is 14.1. The van der Waals surface area contributed by atoms with E-state index in [1.165, 1.54) is 25.9 Å². The van der Waals surface area contributed by atoms with Crippen LogP contribution in [0.1, 0.15) is 26.7 Å². The van der Waals surface area contributed by atoms with Gasteiger partial charge in [0.1, 0.15) is 0 Å². The monoisotopic (exact) mass is 239 g/mol. The molecule has 0 aromatic carbocycles. The van der Waals surface area contributed by atoms with Crippen LogP contribution >= 0.6 is 22.6 Å². The van der Waals surface area contributed by atoms with Gasteiger partial charge >= 0.3 is 0 Å². The Morgan fingerprint density at radius 1 is 1.22 bits per heavy atom. The van der Waals surface area contributed by atoms with E-state index in [1.54, 1.807) is 0 Å². The average Bonchev–Trinajstić information content (AvgIpc) is 2.08. The van der Waals surface area contributed by atoms with Gasteiger partial charge < -0.3 is 0 Å². The summed E-state index contributed by atoms with van der Waals surface area (Å²) in [5.74, 6) is 0. The van der Waals surface area contributed by atoms with Gasteiger partial charge in [0.05, 0.1) is 3.55 Å². The van der Waals surface area contributed by atoms with E-state index >= 15 is 0 Å². The molecule has 1 heterocycles. The maximum absolute atomic E-state index is 2.54. The van der Waals surface area contributed by atoms with Crippen molar-refractivity contribution in [3.63, 3.8) is 0 Å². The van der Waals surface area contributed by atoms with Gasteiger partial charge in [-0.1, -0.05) is 22.6 Å². The summed E-state index contributed by atoms with van der Waals surface area (Å²) in [7, 11) is 0. The zero-order valence-corrected chi connectivity index (χ0v) is 8.31. The molecule has 1 nitrogen and oxygen atoms in total. The van der Waals surface area contributed by atoms with Crippen molar-refractivity contribution < 1.29 is 0 Å². The Kier molecular flexibility index (Phi) is 2.37. The Balaban J connectivity index is 2.42. The van der Waals surface area contributed by atoms with Crippen LogP contribution in [-0.4, -0.2) is 21.5 Å². The first-order valence-electron chi connectivity index (χ1n) is 3.55. The van der Waals surface area contributed by atoms with Crippen molar-refractivity contribution in [1.29, 1.82) is 0 Å². The Morgan fingerprint density at radius 2 is 1.67 bits per heavy atom. The quantitative estimate of drug-likeness (QED) is 0.385. The van der Waals surface area contributed by atoms with Crippen molar-refractivity contribution >= 4 is 22.6 Å². The topological polar surface area (TPSA) is 3.24 Å². The molecule has 0 amide bonds. The summed E-state index contributed by atoms with van der Waals surface area (Å²) in [5.41, 5.74) is 0. The average molecular weight is 239 g/mol. The number of likely N-dealkylation sites (tertiary alicyclic amines) is 1. The maximum atomic E-state index is 2.54. The van der Waals surface area contributed by atoms with Crippen LogP contribution in [0, 0.1) is 0 Å². The molecule has 0 aromatic rings. The Morgan fingerprint density at radius 3 is 1.89 bits per heavy atom. The summed E-state index contributed by atoms with van der Waals surface area (Å²) < 4.78 is 0.383. The minimum absolute atomic E-state index is 0.383. The fourth-order valence-electron chi connectivity index (χ4n) is 1.25. The molecule has 1 aliphatic rings. The van der Waals surface area contributed by atoms with Crippen molar-refractivity contribution in [1.82, 2.24) is 4.90 Å². The van der Waals surface area contributed by atoms with Crippen molar-refractivity contribution in [2.24, 2.45) is 0 Å². The van der Waals surface area contributed by atoms with Crippen LogP contribution in [-0.2, 0) is 0 Å². The number of rotatable bonds is 1. The highest BCUT2D eigenvalue weighted by Crippen LogP contribution is 2.26. The van der Waals surface area contributed by atoms with Gasteiger partial charge in [-0.2, -0.15) is 0 Å². The van der Waals surface area contributed by atoms with Crippen molar-refractivity contribution in [3.05, 3.63) is 0 Å². The molecule has 0 atom stereocenters. The summed E-state index contributed by atoms with van der Waals surface area (Å²) in [6.07, 6.45) is 2.79. The highest BCUT2D eigenvalue weighted by atomic mass is 127. The Bertz CT molecular complexity index is 89.6. The normalized spacial score (nSPS) is 23.0. The molecule has 1 fully saturated rings. The number of alkyl halides is 1. The zero-order chi connectivity index (χ0) is 6.91. The minimum atomic E-state index is 0.383. The van der Waals surface area contributed by atoms with Crippen LogP contribution in [0.2, 0.25) is 0 Å². The summed E-state index contributed by atoms with van der Waals surface area (Å²) in [5, 5.41) is 0. The summed E-state index contributed by atoms with van der Waals surface area (Å²) >= 11 is 2.50. The molecule has 9 heavy (non-hydrogen) atoms. The molecule has 1 aliphatic heterocycles. The molecule has 1 saturated heterocycles. The second-order valence-electron chi connectivity index (χ2n) is 3.10. The molecular weight excluding hydrogens is 225 g/mol. The second-order valence-corrected chi connectivity index (χ2v) is 5.74. The predicted molar refractivity (Wildman–Crippen MR) is 48.9 cm³/mol. The molecule has 1 rings (SSSR count). The second kappa shape index (κ2) is 2.74. The summed E-state index contributed by atoms with van der Waals surface area (Å²) in [6, 6.07) is 0. The third kappa shape index (κ3) is 2.08. The molecule has 0 radical (unpaired) electrons. The van der Waals surface area contributed by atoms with Crippen LogP contribution in [0.3, 0.4) is 0 Å². The summed E-state index contributed by atoms with van der Waals surface area (Å²) in [6.45, 7) is 7.16. The van der Waals surface area contributed by atoms with Gasteiger partial charge in [0.2, 0.25) is 0 Å². The van der Waals surface area contributed by atoms with Crippen molar-refractivity contribution in [2.45, 2.75) is 30.2 Å². The van der Waals surface area contributed by atoms with Crippen molar-refractivity contribution in [3.8, 4) is 0 Å². The van der Waals surface area contributed by atoms with E-state index in [1.807, 2.05) is 0 Å². The summed E-state index contributed by atoms with van der Waals surface area (Å²) in [4.78, 5) is 2.54. The first-order chi connectivity index (χ1) is 4.11. The Hall–Kier alpha value is 0.690. The zero-order valence-electron chi connectivity index (χ0n) is 6.15. The SMILES string of the molecule is CC(C)(I)N1CCCC1. The van der Waals surface area contributed by atoms with Crippen molar-refractivity contribution in [2.75, 3.05) is 13.1 Å². The van der Waals surface area contributed by atoms with Gasteiger partial charge in [0, 0.05) is 0 Å². The first kappa shape index (κ1) is 7.79. The molecule has 54 valence electrons. The fraction of sp³-hybridized carbons (Fsp3) is 1.00. The van der Waals surface area contributed by atoms with Gasteiger partial charge in [-0.05, 0) is 39.8 Å². The molecule has 0 aliphatic carbocycles. The molecule has 0 N–H and O–H groups in total. The first-order valence-corrected chi connectivity index (χ1v) is 4.62. The van der Waals surface area contributed by atoms with Crippen LogP contribution < -0.4 is 0 Å². The molecular formula is C7H14IN. The highest BCUT2D eigenvalue weighted by Gasteiger charge is 2.25. The van der Waals surface area contributed by atoms with Gasteiger partial charge in [-0.25, -0.2) is 0 Å². The predicted octanol–water partition coefficient (Wildman–Crippen LogP) is 2.25. The van der Waals surface area contributed by atoms with E-state index in [0.717, 1.165) is 0 Å². The lowest BCUT2D eigenvalue weighted by Crippen LogP contribution is -2.35. The fourth-order valence-corrected chi connectivity index (χ4v) is 1.73. The smallest absolute Gasteiger partial charge is 0.0673 e. The van der Waals surface area contributed by atoms with Crippen LogP contribution in [0.25, 0.3) is 0 Å². The minimum Gasteiger partial charge on any atom is -0.290 e. The Labute approximate surface area is 70.9 Å². The molecule has 0 unspecified atom stereocenters. The van der Waals surface area contributed by atoms with E-state index in [9.17, 15) is 0 Å². The number of hydrogen-bond acceptors (Lipinski definition) is 1. The number of nitrogens with zero attached hydrogens (tertiary/aromatic N) is 1. The molecule has 2 heteroatoms. The molecule has 0 saturated carbocycles. The molecule has 0 aromatic heterocycles. The van der Waals surface area contributed by atoms with Crippen LogP contribution in [0.4, 0.5) is 0 Å². The lowest BCUT2D eigenvalue weighted by molar-refractivity contribution is 0.261. The standard InChI is InChI=1S/C7H14IN/c1-7(2,8)9-5-3-4-6-9/h3-6H2,1-2H3.